The zero-order chi connectivity index (χ0) is 29.6. The van der Waals surface area contributed by atoms with Crippen molar-refractivity contribution in [2.24, 2.45) is 0 Å². The number of para-hydroxylation sites is 3. The molecule has 1 N–H and O–H groups in total. The van der Waals surface area contributed by atoms with Crippen LogP contribution in [-0.2, 0) is 10.9 Å². The van der Waals surface area contributed by atoms with Gasteiger partial charge in [-0.05, 0) is 18.2 Å². The van der Waals surface area contributed by atoms with Crippen LogP contribution in [-0.4, -0.2) is 50.3 Å². The molecule has 2 aliphatic rings. The monoisotopic (exact) mass is 588 g/mol. The van der Waals surface area contributed by atoms with Crippen molar-refractivity contribution in [3.05, 3.63) is 83.3 Å². The Hall–Kier alpha value is -4.52. The smallest absolute Gasteiger partial charge is 0.434 e. The number of nitrogens with zero attached hydrogens (tertiary/aromatic N) is 3. The molecule has 0 aliphatic carbocycles. The molecule has 1 amide bonds. The van der Waals surface area contributed by atoms with Gasteiger partial charge >= 0.3 is 6.18 Å². The lowest BCUT2D eigenvalue weighted by molar-refractivity contribution is -0.141. The highest BCUT2D eigenvalue weighted by atomic mass is 19.4. The van der Waals surface area contributed by atoms with Gasteiger partial charge in [-0.2, -0.15) is 13.2 Å². The van der Waals surface area contributed by atoms with E-state index < -0.39 is 46.4 Å². The summed E-state index contributed by atoms with van der Waals surface area (Å²) < 4.78 is 98.3. The molecule has 6 rings (SSSR count). The Morgan fingerprint density at radius 2 is 1.67 bits per heavy atom. The van der Waals surface area contributed by atoms with E-state index in [1.807, 2.05) is 0 Å². The molecular formula is C29H22F6N4O3. The topological polar surface area (TPSA) is 66.9 Å². The van der Waals surface area contributed by atoms with E-state index in [9.17, 15) is 31.1 Å². The van der Waals surface area contributed by atoms with E-state index in [0.717, 1.165) is 0 Å². The average molecular weight is 589 g/mol. The maximum atomic E-state index is 14.9. The SMILES string of the molecule is O=C(NN1CCOc2ccccc21)c1c(C(F)(F)F)nc2c(-c3cc(F)cc(F)c3F)cccc2c1N1CCOCC1. The quantitative estimate of drug-likeness (QED) is 0.243. The second kappa shape index (κ2) is 10.7. The Bertz CT molecular complexity index is 1690. The van der Waals surface area contributed by atoms with Crippen LogP contribution in [0.25, 0.3) is 22.0 Å². The number of aromatic nitrogens is 1. The van der Waals surface area contributed by atoms with Crippen LogP contribution >= 0.6 is 0 Å². The van der Waals surface area contributed by atoms with Crippen LogP contribution in [0.15, 0.2) is 54.6 Å². The Morgan fingerprint density at radius 3 is 2.43 bits per heavy atom. The largest absolute Gasteiger partial charge is 0.489 e. The van der Waals surface area contributed by atoms with Gasteiger partial charge in [0.2, 0.25) is 0 Å². The number of benzene rings is 3. The van der Waals surface area contributed by atoms with Crippen molar-refractivity contribution in [1.29, 1.82) is 0 Å². The second-order valence-electron chi connectivity index (χ2n) is 9.64. The number of amides is 1. The van der Waals surface area contributed by atoms with Gasteiger partial charge in [-0.25, -0.2) is 18.2 Å². The number of carbonyl (C=O) groups is 1. The van der Waals surface area contributed by atoms with E-state index in [1.54, 1.807) is 29.2 Å². The highest BCUT2D eigenvalue weighted by molar-refractivity contribution is 6.11. The van der Waals surface area contributed by atoms with E-state index in [2.05, 4.69) is 10.4 Å². The normalized spacial score (nSPS) is 15.4. The molecule has 1 fully saturated rings. The van der Waals surface area contributed by atoms with Gasteiger partial charge in [-0.3, -0.25) is 15.2 Å². The van der Waals surface area contributed by atoms with E-state index in [-0.39, 0.29) is 61.6 Å². The summed E-state index contributed by atoms with van der Waals surface area (Å²) in [6.45, 7) is 0.967. The summed E-state index contributed by atoms with van der Waals surface area (Å²) in [5, 5.41) is 1.47. The number of hydrazine groups is 1. The van der Waals surface area contributed by atoms with Crippen molar-refractivity contribution < 1.29 is 40.6 Å². The van der Waals surface area contributed by atoms with Crippen molar-refractivity contribution in [3.8, 4) is 16.9 Å². The van der Waals surface area contributed by atoms with Gasteiger partial charge in [0.05, 0.1) is 42.2 Å². The molecule has 42 heavy (non-hydrogen) atoms. The Morgan fingerprint density at radius 1 is 0.905 bits per heavy atom. The summed E-state index contributed by atoms with van der Waals surface area (Å²) in [5.74, 6) is -4.71. The molecule has 0 saturated carbocycles. The van der Waals surface area contributed by atoms with E-state index in [0.29, 0.717) is 23.6 Å². The average Bonchev–Trinajstić information content (AvgIpc) is 2.98. The van der Waals surface area contributed by atoms with Gasteiger partial charge in [-0.1, -0.05) is 30.3 Å². The number of morpholine rings is 1. The fourth-order valence-electron chi connectivity index (χ4n) is 5.24. The molecule has 3 aromatic carbocycles. The number of pyridine rings is 1. The summed E-state index contributed by atoms with van der Waals surface area (Å²) >= 11 is 0. The lowest BCUT2D eigenvalue weighted by Gasteiger charge is -2.34. The van der Waals surface area contributed by atoms with Crippen LogP contribution in [0.2, 0.25) is 0 Å². The molecule has 0 unspecified atom stereocenters. The lowest BCUT2D eigenvalue weighted by Crippen LogP contribution is -2.48. The Kier molecular flexibility index (Phi) is 7.05. The highest BCUT2D eigenvalue weighted by Crippen LogP contribution is 2.43. The maximum Gasteiger partial charge on any atom is 0.434 e. The fourth-order valence-corrected chi connectivity index (χ4v) is 5.24. The number of nitrogens with one attached hydrogen (secondary N) is 1. The number of hydrogen-bond donors (Lipinski definition) is 1. The van der Waals surface area contributed by atoms with Gasteiger partial charge < -0.3 is 14.4 Å². The van der Waals surface area contributed by atoms with Crippen molar-refractivity contribution in [3.63, 3.8) is 0 Å². The Labute approximate surface area is 235 Å². The zero-order valence-electron chi connectivity index (χ0n) is 21.8. The van der Waals surface area contributed by atoms with E-state index in [4.69, 9.17) is 9.47 Å². The molecule has 13 heteroatoms. The standard InChI is InChI=1S/C29H22F6N4O3/c30-16-14-19(24(32)20(31)15-16)17-4-3-5-18-25(17)36-27(29(33,34)35)23(26(18)38-8-11-41-12-9-38)28(40)37-39-10-13-42-22-7-2-1-6-21(22)39/h1-7,14-15H,8-13H2,(H,37,40). The molecular weight excluding hydrogens is 566 g/mol. The fraction of sp³-hybridized carbons (Fsp3) is 0.241. The van der Waals surface area contributed by atoms with Crippen LogP contribution in [0.4, 0.5) is 37.7 Å². The van der Waals surface area contributed by atoms with Gasteiger partial charge in [0.1, 0.15) is 18.2 Å². The number of hydrogen-bond acceptors (Lipinski definition) is 6. The second-order valence-corrected chi connectivity index (χ2v) is 9.64. The number of fused-ring (bicyclic) bond motifs is 2. The first kappa shape index (κ1) is 27.6. The number of anilines is 2. The molecule has 4 aromatic rings. The summed E-state index contributed by atoms with van der Waals surface area (Å²) in [5.41, 5.74) is -0.585. The minimum absolute atomic E-state index is 0.0685. The van der Waals surface area contributed by atoms with Crippen LogP contribution in [0.3, 0.4) is 0 Å². The van der Waals surface area contributed by atoms with Crippen molar-refractivity contribution in [2.75, 3.05) is 49.4 Å². The molecule has 1 saturated heterocycles. The van der Waals surface area contributed by atoms with Crippen molar-refractivity contribution in [1.82, 2.24) is 10.4 Å². The lowest BCUT2D eigenvalue weighted by atomic mass is 9.96. The van der Waals surface area contributed by atoms with E-state index >= 15 is 0 Å². The number of halogens is 6. The number of carbonyl (C=O) groups excluding carboxylic acids is 1. The highest BCUT2D eigenvalue weighted by Gasteiger charge is 2.42. The minimum Gasteiger partial charge on any atom is -0.489 e. The summed E-state index contributed by atoms with van der Waals surface area (Å²) in [6.07, 6.45) is -5.14. The van der Waals surface area contributed by atoms with Gasteiger partial charge in [0.25, 0.3) is 5.91 Å². The third-order valence-corrected chi connectivity index (χ3v) is 7.06. The van der Waals surface area contributed by atoms with Crippen LogP contribution < -0.4 is 20.1 Å². The summed E-state index contributed by atoms with van der Waals surface area (Å²) in [7, 11) is 0. The van der Waals surface area contributed by atoms with Crippen molar-refractivity contribution in [2.45, 2.75) is 6.18 Å². The van der Waals surface area contributed by atoms with Gasteiger partial charge in [0, 0.05) is 35.7 Å². The maximum absolute atomic E-state index is 14.9. The molecule has 7 nitrogen and oxygen atoms in total. The number of ether oxygens (including phenoxy) is 2. The van der Waals surface area contributed by atoms with Gasteiger partial charge in [-0.15, -0.1) is 0 Å². The van der Waals surface area contributed by atoms with Gasteiger partial charge in [0.15, 0.2) is 17.3 Å². The predicted octanol–water partition coefficient (Wildman–Crippen LogP) is 5.72. The molecule has 0 atom stereocenters. The first-order chi connectivity index (χ1) is 20.1. The van der Waals surface area contributed by atoms with Crippen molar-refractivity contribution >= 4 is 28.2 Å². The number of alkyl halides is 3. The molecule has 218 valence electrons. The molecule has 0 bridgehead atoms. The minimum atomic E-state index is -5.14. The van der Waals surface area contributed by atoms with Crippen LogP contribution in [0.5, 0.6) is 5.75 Å². The molecule has 0 radical (unpaired) electrons. The number of rotatable bonds is 4. The van der Waals surface area contributed by atoms with Crippen LogP contribution in [0.1, 0.15) is 16.1 Å². The van der Waals surface area contributed by atoms with E-state index in [1.165, 1.54) is 23.2 Å². The summed E-state index contributed by atoms with van der Waals surface area (Å²) in [6, 6.07) is 11.8. The third kappa shape index (κ3) is 4.93. The molecule has 1 aromatic heterocycles. The Balaban J connectivity index is 1.59. The molecule has 0 spiro atoms. The third-order valence-electron chi connectivity index (χ3n) is 7.06. The van der Waals surface area contributed by atoms with Crippen LogP contribution in [0, 0.1) is 17.5 Å². The first-order valence-corrected chi connectivity index (χ1v) is 13.0. The zero-order valence-corrected chi connectivity index (χ0v) is 21.8. The molecule has 2 aliphatic heterocycles. The predicted molar refractivity (Wildman–Crippen MR) is 142 cm³/mol. The first-order valence-electron chi connectivity index (χ1n) is 13.0. The summed E-state index contributed by atoms with van der Waals surface area (Å²) in [4.78, 5) is 19.3. The molecule has 3 heterocycles.